The summed E-state index contributed by atoms with van der Waals surface area (Å²) in [6, 6.07) is 12.6. The van der Waals surface area contributed by atoms with E-state index in [1.807, 2.05) is 13.0 Å². The maximum Gasteiger partial charge on any atom is 0.191 e. The zero-order valence-electron chi connectivity index (χ0n) is 13.7. The molecule has 0 saturated heterocycles. The third-order valence-electron chi connectivity index (χ3n) is 3.29. The molecule has 2 aromatic rings. The molecule has 0 heterocycles. The number of hydrogen-bond donors (Lipinski definition) is 2. The topological polar surface area (TPSA) is 45.7 Å². The zero-order valence-corrected chi connectivity index (χ0v) is 13.7. The summed E-state index contributed by atoms with van der Waals surface area (Å²) in [5.41, 5.74) is 0.814. The molecular formula is C18H21F2N3O. The molecule has 0 bridgehead atoms. The average Bonchev–Trinajstić information content (AvgIpc) is 2.57. The van der Waals surface area contributed by atoms with Crippen molar-refractivity contribution in [3.63, 3.8) is 0 Å². The third kappa shape index (κ3) is 5.53. The number of guanidine groups is 1. The van der Waals surface area contributed by atoms with Crippen LogP contribution in [0.15, 0.2) is 53.5 Å². The Balaban J connectivity index is 1.79. The van der Waals surface area contributed by atoms with Crippen molar-refractivity contribution < 1.29 is 13.5 Å². The van der Waals surface area contributed by atoms with Crippen molar-refractivity contribution in [3.05, 3.63) is 65.7 Å². The lowest BCUT2D eigenvalue weighted by Crippen LogP contribution is -2.41. The van der Waals surface area contributed by atoms with Crippen LogP contribution in [0.3, 0.4) is 0 Å². The normalized spacial score (nSPS) is 12.6. The van der Waals surface area contributed by atoms with E-state index in [0.717, 1.165) is 5.56 Å². The highest BCUT2D eigenvalue weighted by Crippen LogP contribution is 2.16. The molecule has 2 N–H and O–H groups in total. The van der Waals surface area contributed by atoms with E-state index in [1.165, 1.54) is 18.2 Å². The van der Waals surface area contributed by atoms with E-state index in [1.54, 1.807) is 31.3 Å². The van der Waals surface area contributed by atoms with Gasteiger partial charge in [0.25, 0.3) is 0 Å². The molecule has 0 aliphatic rings. The molecule has 1 atom stereocenters. The van der Waals surface area contributed by atoms with E-state index in [4.69, 9.17) is 4.74 Å². The average molecular weight is 333 g/mol. The van der Waals surface area contributed by atoms with E-state index in [-0.39, 0.29) is 17.7 Å². The fourth-order valence-corrected chi connectivity index (χ4v) is 2.09. The Bertz CT molecular complexity index is 691. The van der Waals surface area contributed by atoms with Gasteiger partial charge in [-0.3, -0.25) is 4.99 Å². The van der Waals surface area contributed by atoms with Crippen LogP contribution >= 0.6 is 0 Å². The van der Waals surface area contributed by atoms with Gasteiger partial charge in [-0.25, -0.2) is 8.78 Å². The van der Waals surface area contributed by atoms with Crippen molar-refractivity contribution in [2.24, 2.45) is 4.99 Å². The van der Waals surface area contributed by atoms with Gasteiger partial charge in [-0.1, -0.05) is 24.3 Å². The number of nitrogens with one attached hydrogen (secondary N) is 2. The molecule has 0 saturated carbocycles. The Morgan fingerprint density at radius 1 is 1.12 bits per heavy atom. The standard InChI is InChI=1S/C18H21F2N3O/c1-13(24-17-9-4-3-8-16(17)20)11-22-18(21-2)23-12-14-6-5-7-15(19)10-14/h3-10,13H,11-12H2,1-2H3,(H2,21,22,23). The smallest absolute Gasteiger partial charge is 0.191 e. The van der Waals surface area contributed by atoms with E-state index in [0.29, 0.717) is 19.0 Å². The van der Waals surface area contributed by atoms with Crippen molar-refractivity contribution in [1.29, 1.82) is 0 Å². The third-order valence-corrected chi connectivity index (χ3v) is 3.29. The summed E-state index contributed by atoms with van der Waals surface area (Å²) in [6.45, 7) is 2.72. The minimum atomic E-state index is -0.391. The second-order valence-corrected chi connectivity index (χ2v) is 5.30. The number of ether oxygens (including phenoxy) is 1. The van der Waals surface area contributed by atoms with Crippen LogP contribution in [0.1, 0.15) is 12.5 Å². The monoisotopic (exact) mass is 333 g/mol. The Morgan fingerprint density at radius 3 is 2.62 bits per heavy atom. The fraction of sp³-hybridized carbons (Fsp3) is 0.278. The van der Waals surface area contributed by atoms with Crippen LogP contribution in [0.4, 0.5) is 8.78 Å². The van der Waals surface area contributed by atoms with Crippen LogP contribution in [0, 0.1) is 11.6 Å². The maximum absolute atomic E-state index is 13.5. The summed E-state index contributed by atoms with van der Waals surface area (Å²) in [7, 11) is 1.64. The van der Waals surface area contributed by atoms with Gasteiger partial charge in [-0.15, -0.1) is 0 Å². The maximum atomic E-state index is 13.5. The molecule has 2 aromatic carbocycles. The van der Waals surface area contributed by atoms with Crippen molar-refractivity contribution in [2.45, 2.75) is 19.6 Å². The number of hydrogen-bond acceptors (Lipinski definition) is 2. The molecule has 4 nitrogen and oxygen atoms in total. The molecule has 2 rings (SSSR count). The number of aliphatic imine (C=N–C) groups is 1. The highest BCUT2D eigenvalue weighted by Gasteiger charge is 2.08. The van der Waals surface area contributed by atoms with Gasteiger partial charge in [0.15, 0.2) is 17.5 Å². The van der Waals surface area contributed by atoms with Crippen molar-refractivity contribution >= 4 is 5.96 Å². The first-order chi connectivity index (χ1) is 11.6. The molecule has 0 aliphatic heterocycles. The van der Waals surface area contributed by atoms with Crippen molar-refractivity contribution in [2.75, 3.05) is 13.6 Å². The molecule has 24 heavy (non-hydrogen) atoms. The summed E-state index contributed by atoms with van der Waals surface area (Å²) in [6.07, 6.45) is -0.255. The highest BCUT2D eigenvalue weighted by molar-refractivity contribution is 5.79. The molecule has 128 valence electrons. The van der Waals surface area contributed by atoms with Gasteiger partial charge >= 0.3 is 0 Å². The Labute approximate surface area is 140 Å². The van der Waals surface area contributed by atoms with E-state index >= 15 is 0 Å². The lowest BCUT2D eigenvalue weighted by atomic mass is 10.2. The predicted octanol–water partition coefficient (Wildman–Crippen LogP) is 3.10. The lowest BCUT2D eigenvalue weighted by Gasteiger charge is -2.18. The summed E-state index contributed by atoms with van der Waals surface area (Å²) in [4.78, 5) is 4.09. The molecule has 0 radical (unpaired) electrons. The first-order valence-corrected chi connectivity index (χ1v) is 7.68. The molecular weight excluding hydrogens is 312 g/mol. The van der Waals surface area contributed by atoms with Crippen molar-refractivity contribution in [3.8, 4) is 5.75 Å². The minimum Gasteiger partial charge on any atom is -0.486 e. The van der Waals surface area contributed by atoms with Gasteiger partial charge in [0.05, 0.1) is 6.54 Å². The molecule has 0 spiro atoms. The van der Waals surface area contributed by atoms with Crippen molar-refractivity contribution in [1.82, 2.24) is 10.6 Å². The quantitative estimate of drug-likeness (QED) is 0.631. The van der Waals surface area contributed by atoms with Gasteiger partial charge in [0.1, 0.15) is 11.9 Å². The number of halogens is 2. The predicted molar refractivity (Wildman–Crippen MR) is 91.1 cm³/mol. The summed E-state index contributed by atoms with van der Waals surface area (Å²) >= 11 is 0. The molecule has 0 amide bonds. The molecule has 6 heteroatoms. The van der Waals surface area contributed by atoms with Crippen LogP contribution in [0.25, 0.3) is 0 Å². The van der Waals surface area contributed by atoms with Gasteiger partial charge in [0, 0.05) is 13.6 Å². The molecule has 1 unspecified atom stereocenters. The van der Waals surface area contributed by atoms with E-state index < -0.39 is 5.82 Å². The highest BCUT2D eigenvalue weighted by atomic mass is 19.1. The first-order valence-electron chi connectivity index (χ1n) is 7.68. The van der Waals surface area contributed by atoms with Gasteiger partial charge in [-0.05, 0) is 36.8 Å². The SMILES string of the molecule is CN=C(NCc1cccc(F)c1)NCC(C)Oc1ccccc1F. The van der Waals surface area contributed by atoms with Crippen LogP contribution in [0.2, 0.25) is 0 Å². The number of benzene rings is 2. The second-order valence-electron chi connectivity index (χ2n) is 5.30. The first kappa shape index (κ1) is 17.7. The zero-order chi connectivity index (χ0) is 17.4. The lowest BCUT2D eigenvalue weighted by molar-refractivity contribution is 0.214. The van der Waals surface area contributed by atoms with Crippen LogP contribution in [-0.2, 0) is 6.54 Å². The summed E-state index contributed by atoms with van der Waals surface area (Å²) < 4.78 is 32.2. The van der Waals surface area contributed by atoms with Gasteiger partial charge in [-0.2, -0.15) is 0 Å². The van der Waals surface area contributed by atoms with Crippen LogP contribution in [-0.4, -0.2) is 25.7 Å². The summed E-state index contributed by atoms with van der Waals surface area (Å²) in [5.74, 6) is 0.111. The number of para-hydroxylation sites is 1. The summed E-state index contributed by atoms with van der Waals surface area (Å²) in [5, 5.41) is 6.18. The molecule has 0 fully saturated rings. The molecule has 0 aliphatic carbocycles. The van der Waals surface area contributed by atoms with Crippen LogP contribution < -0.4 is 15.4 Å². The van der Waals surface area contributed by atoms with Gasteiger partial charge in [0.2, 0.25) is 0 Å². The largest absolute Gasteiger partial charge is 0.486 e. The Hall–Kier alpha value is -2.63. The van der Waals surface area contributed by atoms with Crippen LogP contribution in [0.5, 0.6) is 5.75 Å². The number of nitrogens with zero attached hydrogens (tertiary/aromatic N) is 1. The van der Waals surface area contributed by atoms with E-state index in [9.17, 15) is 8.78 Å². The Kier molecular flexibility index (Phi) is 6.54. The second kappa shape index (κ2) is 8.86. The number of rotatable bonds is 6. The Morgan fingerprint density at radius 2 is 1.92 bits per heavy atom. The fourth-order valence-electron chi connectivity index (χ4n) is 2.09. The van der Waals surface area contributed by atoms with Gasteiger partial charge < -0.3 is 15.4 Å². The molecule has 0 aromatic heterocycles. The van der Waals surface area contributed by atoms with E-state index in [2.05, 4.69) is 15.6 Å². The minimum absolute atomic E-state index is 0.217.